The van der Waals surface area contributed by atoms with Gasteiger partial charge in [-0.25, -0.2) is 13.1 Å². The van der Waals surface area contributed by atoms with E-state index < -0.39 is 10.0 Å². The number of sulfonamides is 1. The summed E-state index contributed by atoms with van der Waals surface area (Å²) in [5, 5.41) is 4.10. The minimum atomic E-state index is -3.46. The summed E-state index contributed by atoms with van der Waals surface area (Å²) in [7, 11) is -1.73. The monoisotopic (exact) mass is 279 g/mol. The summed E-state index contributed by atoms with van der Waals surface area (Å²) in [5.41, 5.74) is 1.17. The van der Waals surface area contributed by atoms with Crippen LogP contribution < -0.4 is 4.72 Å². The van der Waals surface area contributed by atoms with Crippen LogP contribution in [0.3, 0.4) is 0 Å². The molecule has 0 unspecified atom stereocenters. The first-order chi connectivity index (χ1) is 7.90. The Morgan fingerprint density at radius 2 is 2.00 bits per heavy atom. The van der Waals surface area contributed by atoms with Gasteiger partial charge in [0.25, 0.3) is 0 Å². The van der Waals surface area contributed by atoms with Gasteiger partial charge in [-0.15, -0.1) is 11.6 Å². The van der Waals surface area contributed by atoms with E-state index in [2.05, 4.69) is 9.82 Å². The van der Waals surface area contributed by atoms with Gasteiger partial charge in [-0.05, 0) is 26.7 Å². The molecular weight excluding hydrogens is 262 g/mol. The highest BCUT2D eigenvalue weighted by molar-refractivity contribution is 7.89. The van der Waals surface area contributed by atoms with Crippen LogP contribution in [-0.4, -0.2) is 30.6 Å². The number of nitrogens with zero attached hydrogens (tertiary/aromatic N) is 2. The van der Waals surface area contributed by atoms with Gasteiger partial charge in [0.1, 0.15) is 4.90 Å². The molecule has 0 bridgehead atoms. The van der Waals surface area contributed by atoms with E-state index in [1.807, 2.05) is 0 Å². The number of aryl methyl sites for hydroxylation is 2. The number of aromatic nitrogens is 2. The smallest absolute Gasteiger partial charge is 0.244 e. The fraction of sp³-hybridized carbons (Fsp3) is 0.700. The van der Waals surface area contributed by atoms with E-state index in [0.29, 0.717) is 23.8 Å². The molecule has 1 aromatic rings. The highest BCUT2D eigenvalue weighted by Gasteiger charge is 2.22. The molecule has 1 heterocycles. The highest BCUT2D eigenvalue weighted by atomic mass is 35.5. The summed E-state index contributed by atoms with van der Waals surface area (Å²) in [6.07, 6.45) is 1.54. The minimum absolute atomic E-state index is 0.283. The van der Waals surface area contributed by atoms with Crippen LogP contribution in [0.25, 0.3) is 0 Å². The molecule has 0 aliphatic rings. The average molecular weight is 280 g/mol. The second-order valence-corrected chi connectivity index (χ2v) is 6.00. The molecule has 0 aliphatic heterocycles. The molecule has 0 saturated carbocycles. The zero-order chi connectivity index (χ0) is 13.1. The minimum Gasteiger partial charge on any atom is -0.271 e. The summed E-state index contributed by atoms with van der Waals surface area (Å²) in [4.78, 5) is 0.283. The molecule has 1 aromatic heterocycles. The maximum absolute atomic E-state index is 12.1. The van der Waals surface area contributed by atoms with Crippen molar-refractivity contribution in [2.24, 2.45) is 7.05 Å². The Morgan fingerprint density at radius 1 is 1.35 bits per heavy atom. The van der Waals surface area contributed by atoms with Crippen molar-refractivity contribution in [2.45, 2.75) is 31.6 Å². The second-order valence-electron chi connectivity index (χ2n) is 3.92. The van der Waals surface area contributed by atoms with Crippen LogP contribution in [0.5, 0.6) is 0 Å². The molecule has 0 aromatic carbocycles. The Balaban J connectivity index is 2.83. The molecule has 0 aliphatic carbocycles. The van der Waals surface area contributed by atoms with E-state index in [-0.39, 0.29) is 4.90 Å². The number of halogens is 1. The molecule has 0 saturated heterocycles. The molecule has 17 heavy (non-hydrogen) atoms. The van der Waals surface area contributed by atoms with E-state index in [9.17, 15) is 8.42 Å². The molecular formula is C10H18ClN3O2S. The number of unbranched alkanes of at least 4 members (excludes halogenated alkanes) is 1. The standard InChI is InChI=1S/C10H18ClN3O2S/c1-8-10(9(2)14(3)13-8)17(15,16)12-7-5-4-6-11/h12H,4-7H2,1-3H3. The van der Waals surface area contributed by atoms with Crippen LogP contribution in [0.2, 0.25) is 0 Å². The number of hydrogen-bond donors (Lipinski definition) is 1. The van der Waals surface area contributed by atoms with Gasteiger partial charge in [0.15, 0.2) is 0 Å². The van der Waals surface area contributed by atoms with Gasteiger partial charge in [0, 0.05) is 19.5 Å². The van der Waals surface area contributed by atoms with Crippen molar-refractivity contribution in [1.82, 2.24) is 14.5 Å². The lowest BCUT2D eigenvalue weighted by Gasteiger charge is -2.06. The van der Waals surface area contributed by atoms with E-state index in [4.69, 9.17) is 11.6 Å². The van der Waals surface area contributed by atoms with Gasteiger partial charge < -0.3 is 0 Å². The van der Waals surface area contributed by atoms with E-state index in [1.165, 1.54) is 0 Å². The van der Waals surface area contributed by atoms with E-state index in [1.54, 1.807) is 25.6 Å². The van der Waals surface area contributed by atoms with Crippen LogP contribution in [-0.2, 0) is 17.1 Å². The van der Waals surface area contributed by atoms with Gasteiger partial charge in [0.05, 0.1) is 11.4 Å². The Hall–Kier alpha value is -0.590. The second kappa shape index (κ2) is 5.84. The molecule has 0 fully saturated rings. The zero-order valence-electron chi connectivity index (χ0n) is 10.3. The first kappa shape index (κ1) is 14.5. The summed E-state index contributed by atoms with van der Waals surface area (Å²) < 4.78 is 28.2. The fourth-order valence-electron chi connectivity index (χ4n) is 1.64. The third-order valence-corrected chi connectivity index (χ3v) is 4.54. The normalized spacial score (nSPS) is 12.0. The number of hydrogen-bond acceptors (Lipinski definition) is 3. The van der Waals surface area contributed by atoms with Gasteiger partial charge in [-0.1, -0.05) is 0 Å². The average Bonchev–Trinajstić information content (AvgIpc) is 2.48. The SMILES string of the molecule is Cc1nn(C)c(C)c1S(=O)(=O)NCCCCCl. The van der Waals surface area contributed by atoms with Crippen LogP contribution in [0.4, 0.5) is 0 Å². The van der Waals surface area contributed by atoms with Gasteiger partial charge in [-0.3, -0.25) is 4.68 Å². The Bertz CT molecular complexity index is 482. The van der Waals surface area contributed by atoms with E-state index >= 15 is 0 Å². The van der Waals surface area contributed by atoms with Crippen molar-refractivity contribution < 1.29 is 8.42 Å². The van der Waals surface area contributed by atoms with Crippen LogP contribution in [0, 0.1) is 13.8 Å². The first-order valence-electron chi connectivity index (χ1n) is 5.46. The number of rotatable bonds is 6. The third kappa shape index (κ3) is 3.43. The lowest BCUT2D eigenvalue weighted by molar-refractivity contribution is 0.577. The molecule has 0 amide bonds. The summed E-state index contributed by atoms with van der Waals surface area (Å²) in [6, 6.07) is 0. The Labute approximate surface area is 107 Å². The van der Waals surface area contributed by atoms with Crippen molar-refractivity contribution >= 4 is 21.6 Å². The third-order valence-electron chi connectivity index (χ3n) is 2.56. The van der Waals surface area contributed by atoms with Gasteiger partial charge >= 0.3 is 0 Å². The van der Waals surface area contributed by atoms with Crippen molar-refractivity contribution in [3.8, 4) is 0 Å². The predicted octanol–water partition coefficient (Wildman–Crippen LogP) is 1.33. The molecule has 1 N–H and O–H groups in total. The maximum atomic E-state index is 12.1. The Morgan fingerprint density at radius 3 is 2.47 bits per heavy atom. The van der Waals surface area contributed by atoms with Gasteiger partial charge in [-0.2, -0.15) is 5.10 Å². The summed E-state index contributed by atoms with van der Waals surface area (Å²) >= 11 is 5.53. The van der Waals surface area contributed by atoms with E-state index in [0.717, 1.165) is 12.8 Å². The van der Waals surface area contributed by atoms with Crippen LogP contribution >= 0.6 is 11.6 Å². The molecule has 0 radical (unpaired) electrons. The topological polar surface area (TPSA) is 64.0 Å². The van der Waals surface area contributed by atoms with Crippen LogP contribution in [0.15, 0.2) is 4.90 Å². The maximum Gasteiger partial charge on any atom is 0.244 e. The van der Waals surface area contributed by atoms with Crippen LogP contribution in [0.1, 0.15) is 24.2 Å². The summed E-state index contributed by atoms with van der Waals surface area (Å²) in [6.45, 7) is 3.84. The first-order valence-corrected chi connectivity index (χ1v) is 7.47. The zero-order valence-corrected chi connectivity index (χ0v) is 11.9. The van der Waals surface area contributed by atoms with Crippen molar-refractivity contribution in [2.75, 3.05) is 12.4 Å². The quantitative estimate of drug-likeness (QED) is 0.631. The molecule has 1 rings (SSSR count). The molecule has 7 heteroatoms. The summed E-state index contributed by atoms with van der Waals surface area (Å²) in [5.74, 6) is 0.548. The lowest BCUT2D eigenvalue weighted by Crippen LogP contribution is -2.25. The lowest BCUT2D eigenvalue weighted by atomic mass is 10.3. The molecule has 5 nitrogen and oxygen atoms in total. The highest BCUT2D eigenvalue weighted by Crippen LogP contribution is 2.18. The Kier molecular flexibility index (Phi) is 4.97. The van der Waals surface area contributed by atoms with Crippen molar-refractivity contribution in [3.63, 3.8) is 0 Å². The molecule has 98 valence electrons. The number of nitrogens with one attached hydrogen (secondary N) is 1. The molecule has 0 spiro atoms. The molecule has 0 atom stereocenters. The van der Waals surface area contributed by atoms with Gasteiger partial charge in [0.2, 0.25) is 10.0 Å². The fourth-order valence-corrected chi connectivity index (χ4v) is 3.34. The van der Waals surface area contributed by atoms with Crippen molar-refractivity contribution in [3.05, 3.63) is 11.4 Å². The van der Waals surface area contributed by atoms with Crippen molar-refractivity contribution in [1.29, 1.82) is 0 Å². The number of alkyl halides is 1. The largest absolute Gasteiger partial charge is 0.271 e. The predicted molar refractivity (Wildman–Crippen MR) is 67.8 cm³/mol.